The van der Waals surface area contributed by atoms with Gasteiger partial charge in [-0.15, -0.1) is 0 Å². The number of fused-ring (bicyclic) bond motifs is 2. The van der Waals surface area contributed by atoms with E-state index in [0.717, 1.165) is 19.3 Å². The molecule has 3 saturated heterocycles. The molecule has 43 heavy (non-hydrogen) atoms. The number of ether oxygens (including phenoxy) is 4. The lowest BCUT2D eigenvalue weighted by molar-refractivity contribution is -0.329. The molecule has 7 heteroatoms. The highest BCUT2D eigenvalue weighted by molar-refractivity contribution is 5.78. The molecule has 0 aromatic carbocycles. The van der Waals surface area contributed by atoms with Crippen LogP contribution in [0.5, 0.6) is 0 Å². The Labute approximate surface area is 257 Å². The van der Waals surface area contributed by atoms with Crippen LogP contribution in [-0.2, 0) is 23.7 Å². The Bertz CT molecular complexity index is 1210. The van der Waals surface area contributed by atoms with E-state index >= 15 is 0 Å². The minimum atomic E-state index is -1.70. The van der Waals surface area contributed by atoms with Crippen molar-refractivity contribution >= 4 is 5.97 Å². The molecule has 5 rings (SSSR count). The Kier molecular flexibility index (Phi) is 9.60. The number of carbonyl (C=O) groups is 1. The number of hydrogen-bond donors (Lipinski definition) is 2. The van der Waals surface area contributed by atoms with E-state index in [0.29, 0.717) is 42.2 Å². The second-order valence-corrected chi connectivity index (χ2v) is 14.3. The van der Waals surface area contributed by atoms with Crippen LogP contribution < -0.4 is 0 Å². The van der Waals surface area contributed by atoms with Crippen molar-refractivity contribution in [3.63, 3.8) is 0 Å². The van der Waals surface area contributed by atoms with Crippen LogP contribution in [0.1, 0.15) is 87.0 Å². The summed E-state index contributed by atoms with van der Waals surface area (Å²) in [5, 5.41) is 23.1. The van der Waals surface area contributed by atoms with E-state index in [2.05, 4.69) is 59.8 Å². The van der Waals surface area contributed by atoms with Crippen molar-refractivity contribution in [2.75, 3.05) is 6.61 Å². The van der Waals surface area contributed by atoms with E-state index in [-0.39, 0.29) is 24.7 Å². The smallest absolute Gasteiger partial charge is 0.316 e. The van der Waals surface area contributed by atoms with Gasteiger partial charge < -0.3 is 29.2 Å². The lowest BCUT2D eigenvalue weighted by Crippen LogP contribution is -2.58. The van der Waals surface area contributed by atoms with Crippen molar-refractivity contribution in [2.24, 2.45) is 23.7 Å². The second-order valence-electron chi connectivity index (χ2n) is 14.3. The van der Waals surface area contributed by atoms with Gasteiger partial charge in [-0.3, -0.25) is 4.79 Å². The highest BCUT2D eigenvalue weighted by Gasteiger charge is 2.60. The molecule has 10 atom stereocenters. The van der Waals surface area contributed by atoms with Crippen LogP contribution in [0.15, 0.2) is 58.7 Å². The van der Waals surface area contributed by atoms with Crippen LogP contribution in [0.4, 0.5) is 0 Å². The largest absolute Gasteiger partial charge is 0.462 e. The standard InChI is InChI=1S/C36H52O7/c1-21(2)15-26(7)32-24(5)13-14-35(43-32)19-29-18-28(42-35)12-11-23(4)16-22(3)9-8-10-27-20-40-33-31(37)25(6)17-30(34(38)41-29)36(27,33)39/h8-11,15,17,21-22,24,28-33,37,39H,12-14,16,18-20H2,1-7H3/b9-8+,23-11+,26-15+,27-10+/t22-,24-,28+,29-,30-,31+,32-,33+,35+,36+/m1/s1. The average molecular weight is 597 g/mol. The molecule has 0 aromatic rings. The van der Waals surface area contributed by atoms with Crippen LogP contribution in [-0.4, -0.2) is 64.7 Å². The third-order valence-electron chi connectivity index (χ3n) is 10.0. The zero-order valence-electron chi connectivity index (χ0n) is 27.0. The second kappa shape index (κ2) is 12.8. The number of aliphatic hydroxyl groups is 2. The molecule has 0 radical (unpaired) electrons. The maximum absolute atomic E-state index is 14.0. The summed E-state index contributed by atoms with van der Waals surface area (Å²) in [4.78, 5) is 14.0. The molecule has 1 aliphatic carbocycles. The molecule has 0 unspecified atom stereocenters. The maximum atomic E-state index is 14.0. The first-order chi connectivity index (χ1) is 20.3. The summed E-state index contributed by atoms with van der Waals surface area (Å²) < 4.78 is 25.9. The van der Waals surface area contributed by atoms with E-state index in [9.17, 15) is 15.0 Å². The predicted octanol–water partition coefficient (Wildman–Crippen LogP) is 6.12. The zero-order valence-corrected chi connectivity index (χ0v) is 27.0. The fourth-order valence-corrected chi connectivity index (χ4v) is 7.82. The molecule has 0 aromatic heterocycles. The van der Waals surface area contributed by atoms with Crippen molar-refractivity contribution < 1.29 is 34.0 Å². The van der Waals surface area contributed by atoms with Gasteiger partial charge in [-0.1, -0.05) is 69.7 Å². The monoisotopic (exact) mass is 596 g/mol. The number of carbonyl (C=O) groups excluding carboxylic acids is 1. The number of allylic oxidation sites excluding steroid dienone is 5. The fourth-order valence-electron chi connectivity index (χ4n) is 7.82. The van der Waals surface area contributed by atoms with E-state index in [1.807, 2.05) is 12.2 Å². The molecule has 238 valence electrons. The van der Waals surface area contributed by atoms with Crippen molar-refractivity contribution in [1.29, 1.82) is 0 Å². The minimum absolute atomic E-state index is 0.0655. The highest BCUT2D eigenvalue weighted by atomic mass is 16.7. The summed E-state index contributed by atoms with van der Waals surface area (Å²) in [6.07, 6.45) is 13.7. The quantitative estimate of drug-likeness (QED) is 0.293. The first-order valence-corrected chi connectivity index (χ1v) is 16.3. The van der Waals surface area contributed by atoms with E-state index in [4.69, 9.17) is 18.9 Å². The van der Waals surface area contributed by atoms with Gasteiger partial charge in [0, 0.05) is 19.3 Å². The third kappa shape index (κ3) is 6.67. The summed E-state index contributed by atoms with van der Waals surface area (Å²) >= 11 is 0. The Morgan fingerprint density at radius 1 is 1.16 bits per heavy atom. The molecule has 2 N–H and O–H groups in total. The van der Waals surface area contributed by atoms with Gasteiger partial charge in [0.25, 0.3) is 0 Å². The molecular formula is C36H52O7. The molecule has 4 heterocycles. The van der Waals surface area contributed by atoms with Gasteiger partial charge >= 0.3 is 5.97 Å². The number of esters is 1. The highest BCUT2D eigenvalue weighted by Crippen LogP contribution is 2.47. The van der Waals surface area contributed by atoms with Crippen molar-refractivity contribution in [3.05, 3.63) is 58.7 Å². The average Bonchev–Trinajstić information content (AvgIpc) is 3.27. The third-order valence-corrected chi connectivity index (χ3v) is 10.0. The Morgan fingerprint density at radius 2 is 1.93 bits per heavy atom. The van der Waals surface area contributed by atoms with E-state index in [1.54, 1.807) is 13.0 Å². The van der Waals surface area contributed by atoms with Gasteiger partial charge in [-0.05, 0) is 74.5 Å². The fraction of sp³-hybridized carbons (Fsp3) is 0.694. The number of rotatable bonds is 2. The van der Waals surface area contributed by atoms with Crippen LogP contribution >= 0.6 is 0 Å². The molecule has 3 fully saturated rings. The number of aliphatic hydroxyl groups excluding tert-OH is 1. The summed E-state index contributed by atoms with van der Waals surface area (Å²) in [6.45, 7) is 14.9. The van der Waals surface area contributed by atoms with Crippen molar-refractivity contribution in [3.8, 4) is 0 Å². The van der Waals surface area contributed by atoms with Crippen LogP contribution in [0, 0.1) is 23.7 Å². The first-order valence-electron chi connectivity index (χ1n) is 16.3. The first kappa shape index (κ1) is 32.4. The summed E-state index contributed by atoms with van der Waals surface area (Å²) in [5.41, 5.74) is 1.96. The topological polar surface area (TPSA) is 94.5 Å². The van der Waals surface area contributed by atoms with Gasteiger partial charge in [-0.2, -0.15) is 0 Å². The van der Waals surface area contributed by atoms with Gasteiger partial charge in [0.2, 0.25) is 0 Å². The van der Waals surface area contributed by atoms with E-state index < -0.39 is 41.6 Å². The Balaban J connectivity index is 1.51. The molecule has 0 amide bonds. The van der Waals surface area contributed by atoms with Gasteiger partial charge in [0.1, 0.15) is 29.8 Å². The van der Waals surface area contributed by atoms with Gasteiger partial charge in [0.05, 0.1) is 18.8 Å². The maximum Gasteiger partial charge on any atom is 0.316 e. The van der Waals surface area contributed by atoms with Crippen molar-refractivity contribution in [2.45, 2.75) is 129 Å². The number of hydrogen-bond acceptors (Lipinski definition) is 7. The molecule has 5 aliphatic rings. The van der Waals surface area contributed by atoms with Crippen molar-refractivity contribution in [1.82, 2.24) is 0 Å². The minimum Gasteiger partial charge on any atom is -0.462 e. The molecular weight excluding hydrogens is 544 g/mol. The molecule has 0 saturated carbocycles. The normalized spacial score (nSPS) is 45.9. The van der Waals surface area contributed by atoms with Gasteiger partial charge in [-0.25, -0.2) is 0 Å². The predicted molar refractivity (Wildman–Crippen MR) is 166 cm³/mol. The lowest BCUT2D eigenvalue weighted by atomic mass is 9.71. The van der Waals surface area contributed by atoms with E-state index in [1.165, 1.54) is 11.1 Å². The molecule has 2 bridgehead atoms. The Hall–Kier alpha value is -2.03. The molecule has 7 nitrogen and oxygen atoms in total. The molecule has 4 aliphatic heterocycles. The summed E-state index contributed by atoms with van der Waals surface area (Å²) in [6, 6.07) is 0. The summed E-state index contributed by atoms with van der Waals surface area (Å²) in [5.74, 6) is -1.31. The van der Waals surface area contributed by atoms with Crippen LogP contribution in [0.3, 0.4) is 0 Å². The van der Waals surface area contributed by atoms with Crippen LogP contribution in [0.2, 0.25) is 0 Å². The lowest BCUT2D eigenvalue weighted by Gasteiger charge is -2.50. The summed E-state index contributed by atoms with van der Waals surface area (Å²) in [7, 11) is 0. The van der Waals surface area contributed by atoms with Gasteiger partial charge in [0.15, 0.2) is 5.79 Å². The Morgan fingerprint density at radius 3 is 2.67 bits per heavy atom. The molecule has 1 spiro atoms. The SMILES string of the molecule is CC1=C[C@@H]2C(=O)O[C@@H]3C[C@H](C/C=C(\C)C[C@H](C)/C=C/C=C4\CO[C@@H]([C@H]1O)[C@]42O)O[C@]1(CC[C@@H](C)[C@H](/C(C)=C/C(C)C)O1)C3. The zero-order chi connectivity index (χ0) is 31.1. The van der Waals surface area contributed by atoms with Crippen LogP contribution in [0.25, 0.3) is 0 Å².